The molecule has 4 rings (SSSR count). The average Bonchev–Trinajstić information content (AvgIpc) is 2.88. The largest absolute Gasteiger partial charge is 0.385 e. The summed E-state index contributed by atoms with van der Waals surface area (Å²) in [5, 5.41) is 4.31. The predicted octanol–water partition coefficient (Wildman–Crippen LogP) is 2.34. The van der Waals surface area contributed by atoms with Crippen LogP contribution in [0.15, 0.2) is 53.6 Å². The molecule has 0 spiro atoms. The Balaban J connectivity index is 1.94. The first-order valence-electron chi connectivity index (χ1n) is 7.22. The topological polar surface area (TPSA) is 53.6 Å². The summed E-state index contributed by atoms with van der Waals surface area (Å²) in [5.74, 6) is 0.780. The molecule has 2 aliphatic heterocycles. The maximum Gasteiger partial charge on any atom is 0.129 e. The lowest BCUT2D eigenvalue weighted by atomic mass is 9.82. The van der Waals surface area contributed by atoms with Crippen molar-refractivity contribution in [2.75, 3.05) is 11.9 Å². The SMILES string of the molecule is CN1Cc2ccccc2C2C(N)=NNC2c2ccccc21. The van der Waals surface area contributed by atoms with Crippen LogP contribution in [-0.4, -0.2) is 12.9 Å². The summed E-state index contributed by atoms with van der Waals surface area (Å²) >= 11 is 0. The van der Waals surface area contributed by atoms with Gasteiger partial charge < -0.3 is 10.6 Å². The van der Waals surface area contributed by atoms with Gasteiger partial charge >= 0.3 is 0 Å². The van der Waals surface area contributed by atoms with Gasteiger partial charge in [-0.25, -0.2) is 0 Å². The predicted molar refractivity (Wildman–Crippen MR) is 85.2 cm³/mol. The second kappa shape index (κ2) is 4.52. The molecule has 4 heteroatoms. The fourth-order valence-electron chi connectivity index (χ4n) is 3.47. The molecule has 2 atom stereocenters. The normalized spacial score (nSPS) is 23.1. The molecule has 2 aromatic carbocycles. The number of nitrogens with one attached hydrogen (secondary N) is 1. The Kier molecular flexibility index (Phi) is 2.64. The van der Waals surface area contributed by atoms with E-state index >= 15 is 0 Å². The van der Waals surface area contributed by atoms with E-state index in [0.29, 0.717) is 5.84 Å². The number of nitrogens with two attached hydrogens (primary N) is 1. The summed E-state index contributed by atoms with van der Waals surface area (Å²) in [6.45, 7) is 0.879. The first-order chi connectivity index (χ1) is 10.3. The number of nitrogens with zero attached hydrogens (tertiary/aromatic N) is 2. The second-order valence-corrected chi connectivity index (χ2v) is 5.73. The molecule has 0 fully saturated rings. The van der Waals surface area contributed by atoms with Crippen LogP contribution in [0.5, 0.6) is 0 Å². The summed E-state index contributed by atoms with van der Waals surface area (Å²) < 4.78 is 0. The Morgan fingerprint density at radius 2 is 1.81 bits per heavy atom. The van der Waals surface area contributed by atoms with Crippen LogP contribution in [0.3, 0.4) is 0 Å². The third-order valence-electron chi connectivity index (χ3n) is 4.47. The van der Waals surface area contributed by atoms with Gasteiger partial charge in [-0.1, -0.05) is 42.5 Å². The lowest BCUT2D eigenvalue weighted by Crippen LogP contribution is -2.30. The highest BCUT2D eigenvalue weighted by Gasteiger charge is 2.37. The van der Waals surface area contributed by atoms with Crippen LogP contribution in [0.4, 0.5) is 5.69 Å². The van der Waals surface area contributed by atoms with E-state index in [9.17, 15) is 0 Å². The number of fused-ring (bicyclic) bond motifs is 5. The van der Waals surface area contributed by atoms with Crippen molar-refractivity contribution in [1.82, 2.24) is 5.43 Å². The summed E-state index contributed by atoms with van der Waals surface area (Å²) in [6.07, 6.45) is 0. The van der Waals surface area contributed by atoms with E-state index in [1.807, 2.05) is 0 Å². The quantitative estimate of drug-likeness (QED) is 0.777. The van der Waals surface area contributed by atoms with Crippen LogP contribution in [-0.2, 0) is 6.54 Å². The Bertz CT molecular complexity index is 722. The van der Waals surface area contributed by atoms with Crippen molar-refractivity contribution in [3.8, 4) is 0 Å². The first kappa shape index (κ1) is 12.3. The summed E-state index contributed by atoms with van der Waals surface area (Å²) in [5.41, 5.74) is 14.5. The van der Waals surface area contributed by atoms with Crippen molar-refractivity contribution in [3.05, 3.63) is 65.2 Å². The number of anilines is 1. The highest BCUT2D eigenvalue weighted by Crippen LogP contribution is 2.42. The van der Waals surface area contributed by atoms with E-state index in [-0.39, 0.29) is 12.0 Å². The van der Waals surface area contributed by atoms with Crippen LogP contribution < -0.4 is 16.1 Å². The van der Waals surface area contributed by atoms with Crippen LogP contribution in [0.25, 0.3) is 0 Å². The molecule has 2 unspecified atom stereocenters. The van der Waals surface area contributed by atoms with Gasteiger partial charge in [-0.2, -0.15) is 5.10 Å². The Morgan fingerprint density at radius 3 is 2.67 bits per heavy atom. The zero-order valence-electron chi connectivity index (χ0n) is 12.0. The molecule has 3 N–H and O–H groups in total. The van der Waals surface area contributed by atoms with E-state index in [2.05, 4.69) is 71.0 Å². The molecule has 0 saturated carbocycles. The minimum absolute atomic E-state index is 0.102. The fourth-order valence-corrected chi connectivity index (χ4v) is 3.47. The van der Waals surface area contributed by atoms with E-state index in [4.69, 9.17) is 5.73 Å². The minimum atomic E-state index is 0.102. The molecule has 0 aromatic heterocycles. The van der Waals surface area contributed by atoms with Crippen molar-refractivity contribution in [2.45, 2.75) is 18.5 Å². The van der Waals surface area contributed by atoms with Gasteiger partial charge in [0.2, 0.25) is 0 Å². The number of hydrazone groups is 1. The maximum absolute atomic E-state index is 6.19. The highest BCUT2D eigenvalue weighted by molar-refractivity contribution is 5.90. The second-order valence-electron chi connectivity index (χ2n) is 5.73. The molecule has 106 valence electrons. The Morgan fingerprint density at radius 1 is 1.10 bits per heavy atom. The Hall–Kier alpha value is -2.49. The van der Waals surface area contributed by atoms with Crippen molar-refractivity contribution in [2.24, 2.45) is 10.8 Å². The Labute approximate surface area is 124 Å². The number of hydrogen-bond acceptors (Lipinski definition) is 4. The van der Waals surface area contributed by atoms with Crippen LogP contribution in [0, 0.1) is 0 Å². The molecule has 2 aliphatic rings. The zero-order valence-corrected chi connectivity index (χ0v) is 12.0. The van der Waals surface area contributed by atoms with Gasteiger partial charge in [-0.15, -0.1) is 0 Å². The van der Waals surface area contributed by atoms with Crippen LogP contribution in [0.2, 0.25) is 0 Å². The number of para-hydroxylation sites is 1. The average molecular weight is 278 g/mol. The molecule has 0 aliphatic carbocycles. The summed E-state index contributed by atoms with van der Waals surface area (Å²) in [7, 11) is 2.13. The van der Waals surface area contributed by atoms with E-state index in [0.717, 1.165) is 6.54 Å². The molecule has 0 bridgehead atoms. The van der Waals surface area contributed by atoms with Gasteiger partial charge in [0, 0.05) is 24.8 Å². The first-order valence-corrected chi connectivity index (χ1v) is 7.22. The minimum Gasteiger partial charge on any atom is -0.385 e. The molecule has 2 aromatic rings. The summed E-state index contributed by atoms with van der Waals surface area (Å²) in [4.78, 5) is 2.29. The zero-order chi connectivity index (χ0) is 14.4. The summed E-state index contributed by atoms with van der Waals surface area (Å²) in [6, 6.07) is 17.1. The fraction of sp³-hybridized carbons (Fsp3) is 0.235. The lowest BCUT2D eigenvalue weighted by molar-refractivity contribution is 0.563. The molecule has 0 saturated heterocycles. The number of amidine groups is 1. The number of hydrogen-bond donors (Lipinski definition) is 2. The number of rotatable bonds is 0. The van der Waals surface area contributed by atoms with E-state index in [1.165, 1.54) is 22.4 Å². The lowest BCUT2D eigenvalue weighted by Gasteiger charge is -2.32. The van der Waals surface area contributed by atoms with Gasteiger partial charge in [0.05, 0.1) is 12.0 Å². The molecule has 0 amide bonds. The standard InChI is InChI=1S/C17H18N4/c1-21-10-11-6-2-3-7-12(11)15-16(19-20-17(15)18)13-8-4-5-9-14(13)21/h2-9,15-16,19H,10H2,1H3,(H2,18,20). The third kappa shape index (κ3) is 1.79. The van der Waals surface area contributed by atoms with E-state index in [1.54, 1.807) is 0 Å². The smallest absolute Gasteiger partial charge is 0.129 e. The van der Waals surface area contributed by atoms with Gasteiger partial charge in [-0.05, 0) is 17.2 Å². The van der Waals surface area contributed by atoms with Gasteiger partial charge in [0.25, 0.3) is 0 Å². The third-order valence-corrected chi connectivity index (χ3v) is 4.47. The monoisotopic (exact) mass is 278 g/mol. The van der Waals surface area contributed by atoms with Crippen molar-refractivity contribution >= 4 is 11.5 Å². The molecule has 0 radical (unpaired) electrons. The van der Waals surface area contributed by atoms with Crippen LogP contribution >= 0.6 is 0 Å². The molecule has 21 heavy (non-hydrogen) atoms. The van der Waals surface area contributed by atoms with E-state index < -0.39 is 0 Å². The molecule has 4 nitrogen and oxygen atoms in total. The molecular weight excluding hydrogens is 260 g/mol. The number of benzene rings is 2. The van der Waals surface area contributed by atoms with Gasteiger partial charge in [0.1, 0.15) is 5.84 Å². The van der Waals surface area contributed by atoms with Crippen LogP contribution in [0.1, 0.15) is 28.7 Å². The maximum atomic E-state index is 6.19. The van der Waals surface area contributed by atoms with Crippen molar-refractivity contribution < 1.29 is 0 Å². The van der Waals surface area contributed by atoms with Crippen molar-refractivity contribution in [3.63, 3.8) is 0 Å². The molecule has 2 heterocycles. The van der Waals surface area contributed by atoms with Gasteiger partial charge in [0.15, 0.2) is 0 Å². The highest BCUT2D eigenvalue weighted by atomic mass is 15.4. The van der Waals surface area contributed by atoms with Crippen molar-refractivity contribution in [1.29, 1.82) is 0 Å². The molecular formula is C17H18N4. The van der Waals surface area contributed by atoms with Gasteiger partial charge in [-0.3, -0.25) is 5.43 Å².